The van der Waals surface area contributed by atoms with Crippen LogP contribution in [0.25, 0.3) is 11.1 Å². The van der Waals surface area contributed by atoms with E-state index in [0.29, 0.717) is 24.1 Å². The highest BCUT2D eigenvalue weighted by atomic mass is 19.1. The first-order chi connectivity index (χ1) is 15.6. The van der Waals surface area contributed by atoms with Crippen molar-refractivity contribution in [3.8, 4) is 5.75 Å². The van der Waals surface area contributed by atoms with E-state index in [9.17, 15) is 14.0 Å². The number of carbonyl (C=O) groups is 1. The number of aromatic nitrogens is 1. The van der Waals surface area contributed by atoms with Gasteiger partial charge in [-0.25, -0.2) is 9.18 Å². The number of hydrogen-bond acceptors (Lipinski definition) is 4. The standard InChI is InChI=1S/C25H23FN2O4/c26-19-11-4-6-13-22(19)31-17-20(18-9-2-1-3-10-18)27-24(29)15-8-16-28-21-12-5-7-14-23(21)32-25(28)30/h1-7,9-14,20H,8,15-17H2,(H,27,29). The van der Waals surface area contributed by atoms with Crippen molar-refractivity contribution >= 4 is 17.0 Å². The minimum atomic E-state index is -0.455. The number of halogens is 1. The van der Waals surface area contributed by atoms with E-state index in [-0.39, 0.29) is 24.7 Å². The third kappa shape index (κ3) is 5.06. The lowest BCUT2D eigenvalue weighted by Gasteiger charge is -2.20. The summed E-state index contributed by atoms with van der Waals surface area (Å²) in [6.07, 6.45) is 0.680. The number of hydrogen-bond donors (Lipinski definition) is 1. The highest BCUT2D eigenvalue weighted by Crippen LogP contribution is 2.20. The summed E-state index contributed by atoms with van der Waals surface area (Å²) >= 11 is 0. The van der Waals surface area contributed by atoms with E-state index in [0.717, 1.165) is 5.56 Å². The Hall–Kier alpha value is -3.87. The lowest BCUT2D eigenvalue weighted by Crippen LogP contribution is -2.32. The van der Waals surface area contributed by atoms with Gasteiger partial charge in [0.15, 0.2) is 17.1 Å². The van der Waals surface area contributed by atoms with Crippen LogP contribution >= 0.6 is 0 Å². The topological polar surface area (TPSA) is 73.5 Å². The van der Waals surface area contributed by atoms with Gasteiger partial charge in [0, 0.05) is 13.0 Å². The summed E-state index contributed by atoms with van der Waals surface area (Å²) in [5.74, 6) is -0.943. The van der Waals surface area contributed by atoms with E-state index in [2.05, 4.69) is 5.32 Å². The lowest BCUT2D eigenvalue weighted by atomic mass is 10.1. The van der Waals surface area contributed by atoms with Crippen molar-refractivity contribution in [3.63, 3.8) is 0 Å². The Morgan fingerprint density at radius 1 is 1.00 bits per heavy atom. The monoisotopic (exact) mass is 434 g/mol. The van der Waals surface area contributed by atoms with Crippen LogP contribution in [0.5, 0.6) is 5.75 Å². The maximum absolute atomic E-state index is 13.9. The van der Waals surface area contributed by atoms with E-state index in [1.807, 2.05) is 42.5 Å². The van der Waals surface area contributed by atoms with Gasteiger partial charge in [0.1, 0.15) is 6.61 Å². The van der Waals surface area contributed by atoms with Crippen molar-refractivity contribution in [1.29, 1.82) is 0 Å². The summed E-state index contributed by atoms with van der Waals surface area (Å²) in [6.45, 7) is 0.452. The minimum absolute atomic E-state index is 0.0858. The highest BCUT2D eigenvalue weighted by Gasteiger charge is 2.17. The Labute approximate surface area is 184 Å². The van der Waals surface area contributed by atoms with Crippen molar-refractivity contribution in [2.75, 3.05) is 6.61 Å². The predicted molar refractivity (Wildman–Crippen MR) is 119 cm³/mol. The molecular weight excluding hydrogens is 411 g/mol. The van der Waals surface area contributed by atoms with E-state index in [1.165, 1.54) is 10.6 Å². The van der Waals surface area contributed by atoms with Gasteiger partial charge in [0.2, 0.25) is 5.91 Å². The summed E-state index contributed by atoms with van der Waals surface area (Å²) in [7, 11) is 0. The molecule has 0 fully saturated rings. The maximum Gasteiger partial charge on any atom is 0.419 e. The van der Waals surface area contributed by atoms with Gasteiger partial charge in [-0.05, 0) is 36.2 Å². The zero-order valence-corrected chi connectivity index (χ0v) is 17.4. The second-order valence-corrected chi connectivity index (χ2v) is 7.36. The van der Waals surface area contributed by atoms with Gasteiger partial charge in [-0.3, -0.25) is 9.36 Å². The third-order valence-corrected chi connectivity index (χ3v) is 5.14. The first-order valence-corrected chi connectivity index (χ1v) is 10.4. The van der Waals surface area contributed by atoms with Crippen LogP contribution in [-0.2, 0) is 11.3 Å². The van der Waals surface area contributed by atoms with Crippen LogP contribution in [-0.4, -0.2) is 17.1 Å². The van der Waals surface area contributed by atoms with E-state index < -0.39 is 17.6 Å². The normalized spacial score (nSPS) is 11.9. The van der Waals surface area contributed by atoms with E-state index in [1.54, 1.807) is 30.3 Å². The summed E-state index contributed by atoms with van der Waals surface area (Å²) < 4.78 is 26.3. The Bertz CT molecular complexity index is 1250. The number of nitrogens with one attached hydrogen (secondary N) is 1. The molecular formula is C25H23FN2O4. The molecule has 0 bridgehead atoms. The van der Waals surface area contributed by atoms with Gasteiger partial charge in [0.05, 0.1) is 11.6 Å². The molecule has 4 rings (SSSR count). The number of aryl methyl sites for hydroxylation is 1. The van der Waals surface area contributed by atoms with Crippen molar-refractivity contribution in [1.82, 2.24) is 9.88 Å². The number of fused-ring (bicyclic) bond motifs is 1. The number of ether oxygens (including phenoxy) is 1. The molecule has 0 aliphatic carbocycles. The number of carbonyl (C=O) groups excluding carboxylic acids is 1. The molecule has 0 saturated heterocycles. The summed E-state index contributed by atoms with van der Waals surface area (Å²) in [5.41, 5.74) is 2.09. The lowest BCUT2D eigenvalue weighted by molar-refractivity contribution is -0.122. The average molecular weight is 434 g/mol. The van der Waals surface area contributed by atoms with Gasteiger partial charge >= 0.3 is 5.76 Å². The Morgan fingerprint density at radius 3 is 2.53 bits per heavy atom. The summed E-state index contributed by atoms with van der Waals surface area (Å²) in [5, 5.41) is 2.96. The highest BCUT2D eigenvalue weighted by molar-refractivity contribution is 5.76. The number of oxazole rings is 1. The number of rotatable bonds is 9. The molecule has 0 spiro atoms. The van der Waals surface area contributed by atoms with Gasteiger partial charge in [-0.2, -0.15) is 0 Å². The fourth-order valence-electron chi connectivity index (χ4n) is 3.53. The number of para-hydroxylation sites is 3. The molecule has 1 unspecified atom stereocenters. The predicted octanol–water partition coefficient (Wildman–Crippen LogP) is 4.45. The Morgan fingerprint density at radius 2 is 1.72 bits per heavy atom. The molecule has 0 radical (unpaired) electrons. The number of amides is 1. The van der Waals surface area contributed by atoms with Crippen molar-refractivity contribution < 1.29 is 18.3 Å². The fraction of sp³-hybridized carbons (Fsp3) is 0.200. The van der Waals surface area contributed by atoms with Gasteiger partial charge in [-0.1, -0.05) is 54.6 Å². The Kier molecular flexibility index (Phi) is 6.65. The number of benzene rings is 3. The van der Waals surface area contributed by atoms with Crippen LogP contribution in [0, 0.1) is 5.82 Å². The molecule has 0 aliphatic heterocycles. The second-order valence-electron chi connectivity index (χ2n) is 7.36. The zero-order valence-electron chi connectivity index (χ0n) is 17.4. The zero-order chi connectivity index (χ0) is 22.3. The molecule has 1 amide bonds. The second kappa shape index (κ2) is 9.96. The van der Waals surface area contributed by atoms with Crippen LogP contribution < -0.4 is 15.8 Å². The van der Waals surface area contributed by atoms with Gasteiger partial charge in [0.25, 0.3) is 0 Å². The van der Waals surface area contributed by atoms with Crippen LogP contribution in [0.2, 0.25) is 0 Å². The maximum atomic E-state index is 13.9. The van der Waals surface area contributed by atoms with Crippen molar-refractivity contribution in [3.05, 3.63) is 101 Å². The molecule has 3 aromatic carbocycles. The van der Waals surface area contributed by atoms with E-state index >= 15 is 0 Å². The molecule has 164 valence electrons. The molecule has 6 nitrogen and oxygen atoms in total. The third-order valence-electron chi connectivity index (χ3n) is 5.14. The molecule has 1 N–H and O–H groups in total. The van der Waals surface area contributed by atoms with Crippen LogP contribution in [0.1, 0.15) is 24.4 Å². The summed E-state index contributed by atoms with van der Waals surface area (Å²) in [4.78, 5) is 24.7. The number of nitrogens with zero attached hydrogens (tertiary/aromatic N) is 1. The molecule has 32 heavy (non-hydrogen) atoms. The molecule has 0 aliphatic rings. The van der Waals surface area contributed by atoms with E-state index in [4.69, 9.17) is 9.15 Å². The minimum Gasteiger partial charge on any atom is -0.488 e. The molecule has 1 aromatic heterocycles. The largest absolute Gasteiger partial charge is 0.488 e. The van der Waals surface area contributed by atoms with Crippen LogP contribution in [0.3, 0.4) is 0 Å². The van der Waals surface area contributed by atoms with Crippen LogP contribution in [0.15, 0.2) is 88.1 Å². The average Bonchev–Trinajstić information content (AvgIpc) is 3.13. The smallest absolute Gasteiger partial charge is 0.419 e. The summed E-state index contributed by atoms with van der Waals surface area (Å²) in [6, 6.07) is 22.3. The first kappa shape index (κ1) is 21.4. The molecule has 1 heterocycles. The molecule has 0 saturated carbocycles. The molecule has 1 atom stereocenters. The van der Waals surface area contributed by atoms with Gasteiger partial charge in [-0.15, -0.1) is 0 Å². The molecule has 4 aromatic rings. The quantitative estimate of drug-likeness (QED) is 0.422. The molecule has 7 heteroatoms. The SMILES string of the molecule is O=C(CCCn1c(=O)oc2ccccc21)NC(COc1ccccc1F)c1ccccc1. The first-order valence-electron chi connectivity index (χ1n) is 10.4. The fourth-order valence-corrected chi connectivity index (χ4v) is 3.53. The van der Waals surface area contributed by atoms with Crippen molar-refractivity contribution in [2.24, 2.45) is 0 Å². The Balaban J connectivity index is 1.38. The van der Waals surface area contributed by atoms with Gasteiger partial charge < -0.3 is 14.5 Å². The van der Waals surface area contributed by atoms with Crippen LogP contribution in [0.4, 0.5) is 4.39 Å². The van der Waals surface area contributed by atoms with Crippen molar-refractivity contribution in [2.45, 2.75) is 25.4 Å².